The van der Waals surface area contributed by atoms with Gasteiger partial charge >= 0.3 is 0 Å². The van der Waals surface area contributed by atoms with Crippen LogP contribution in [-0.4, -0.2) is 62.2 Å². The maximum atomic E-state index is 3.36. The highest BCUT2D eigenvalue weighted by Crippen LogP contribution is 2.02. The Bertz CT molecular complexity index is 117. The molecular formula is C8H17N3. The predicted octanol–water partition coefficient (Wildman–Crippen LogP) is -0.793. The first-order valence-electron chi connectivity index (χ1n) is 4.60. The molecule has 11 heavy (non-hydrogen) atoms. The van der Waals surface area contributed by atoms with E-state index in [4.69, 9.17) is 0 Å². The fourth-order valence-electron chi connectivity index (χ4n) is 1.51. The van der Waals surface area contributed by atoms with Crippen molar-refractivity contribution >= 4 is 0 Å². The summed E-state index contributed by atoms with van der Waals surface area (Å²) < 4.78 is 0. The Labute approximate surface area is 68.4 Å². The van der Waals surface area contributed by atoms with Crippen LogP contribution in [0.15, 0.2) is 0 Å². The third-order valence-electron chi connectivity index (χ3n) is 2.48. The van der Waals surface area contributed by atoms with Crippen molar-refractivity contribution in [1.29, 1.82) is 0 Å². The van der Waals surface area contributed by atoms with Crippen molar-refractivity contribution in [1.82, 2.24) is 15.1 Å². The van der Waals surface area contributed by atoms with Crippen LogP contribution in [-0.2, 0) is 0 Å². The SMILES string of the molecule is C1CN(CCN2CC2)CCN1. The average molecular weight is 155 g/mol. The molecule has 0 aromatic rings. The predicted molar refractivity (Wildman–Crippen MR) is 45.7 cm³/mol. The number of hydrogen-bond acceptors (Lipinski definition) is 3. The van der Waals surface area contributed by atoms with Gasteiger partial charge in [0.1, 0.15) is 0 Å². The van der Waals surface area contributed by atoms with Gasteiger partial charge in [-0.1, -0.05) is 0 Å². The van der Waals surface area contributed by atoms with Gasteiger partial charge < -0.3 is 5.32 Å². The summed E-state index contributed by atoms with van der Waals surface area (Å²) in [6, 6.07) is 0. The fraction of sp³-hybridized carbons (Fsp3) is 1.00. The van der Waals surface area contributed by atoms with Crippen LogP contribution in [0.1, 0.15) is 0 Å². The molecule has 2 aliphatic rings. The van der Waals surface area contributed by atoms with Crippen molar-refractivity contribution in [3.05, 3.63) is 0 Å². The second-order valence-electron chi connectivity index (χ2n) is 3.43. The summed E-state index contributed by atoms with van der Waals surface area (Å²) in [7, 11) is 0. The van der Waals surface area contributed by atoms with Crippen molar-refractivity contribution in [2.24, 2.45) is 0 Å². The number of hydrogen-bond donors (Lipinski definition) is 1. The minimum absolute atomic E-state index is 1.18. The lowest BCUT2D eigenvalue weighted by molar-refractivity contribution is 0.231. The van der Waals surface area contributed by atoms with Gasteiger partial charge in [-0.05, 0) is 0 Å². The molecule has 0 radical (unpaired) electrons. The quantitative estimate of drug-likeness (QED) is 0.539. The smallest absolute Gasteiger partial charge is 0.0110 e. The molecule has 3 heteroatoms. The first-order valence-corrected chi connectivity index (χ1v) is 4.60. The van der Waals surface area contributed by atoms with E-state index in [2.05, 4.69) is 15.1 Å². The molecule has 3 nitrogen and oxygen atoms in total. The van der Waals surface area contributed by atoms with Crippen LogP contribution in [0.3, 0.4) is 0 Å². The Morgan fingerprint density at radius 2 is 1.36 bits per heavy atom. The Kier molecular flexibility index (Phi) is 2.41. The van der Waals surface area contributed by atoms with Gasteiger partial charge in [-0.2, -0.15) is 0 Å². The van der Waals surface area contributed by atoms with Gasteiger partial charge in [-0.15, -0.1) is 0 Å². The van der Waals surface area contributed by atoms with Crippen molar-refractivity contribution < 1.29 is 0 Å². The van der Waals surface area contributed by atoms with E-state index in [0.717, 1.165) is 0 Å². The molecule has 0 bridgehead atoms. The zero-order valence-electron chi connectivity index (χ0n) is 7.05. The molecule has 0 aliphatic carbocycles. The summed E-state index contributed by atoms with van der Waals surface area (Å²) in [6.45, 7) is 10.1. The van der Waals surface area contributed by atoms with Gasteiger partial charge in [0, 0.05) is 52.4 Å². The second kappa shape index (κ2) is 3.52. The van der Waals surface area contributed by atoms with E-state index in [9.17, 15) is 0 Å². The number of nitrogens with one attached hydrogen (secondary N) is 1. The molecule has 0 aromatic heterocycles. The minimum Gasteiger partial charge on any atom is -0.314 e. The molecule has 0 amide bonds. The second-order valence-corrected chi connectivity index (χ2v) is 3.43. The van der Waals surface area contributed by atoms with Crippen LogP contribution in [0, 0.1) is 0 Å². The van der Waals surface area contributed by atoms with E-state index in [1.54, 1.807) is 0 Å². The number of piperazine rings is 1. The first kappa shape index (κ1) is 7.53. The van der Waals surface area contributed by atoms with E-state index in [-0.39, 0.29) is 0 Å². The monoisotopic (exact) mass is 155 g/mol. The zero-order valence-corrected chi connectivity index (χ0v) is 7.05. The van der Waals surface area contributed by atoms with Gasteiger partial charge in [0.15, 0.2) is 0 Å². The summed E-state index contributed by atoms with van der Waals surface area (Å²) in [5, 5.41) is 3.36. The molecule has 0 saturated carbocycles. The molecular weight excluding hydrogens is 138 g/mol. The molecule has 2 saturated heterocycles. The molecule has 0 spiro atoms. The average Bonchev–Trinajstić information content (AvgIpc) is 2.86. The lowest BCUT2D eigenvalue weighted by Crippen LogP contribution is -2.45. The number of nitrogens with zero attached hydrogens (tertiary/aromatic N) is 2. The lowest BCUT2D eigenvalue weighted by Gasteiger charge is -2.27. The molecule has 2 rings (SSSR count). The highest BCUT2D eigenvalue weighted by atomic mass is 15.3. The molecule has 0 aromatic carbocycles. The Morgan fingerprint density at radius 1 is 0.818 bits per heavy atom. The third-order valence-corrected chi connectivity index (χ3v) is 2.48. The van der Waals surface area contributed by atoms with Crippen molar-refractivity contribution in [2.75, 3.05) is 52.4 Å². The Balaban J connectivity index is 1.59. The molecule has 0 unspecified atom stereocenters. The first-order chi connectivity index (χ1) is 5.45. The summed E-state index contributed by atoms with van der Waals surface area (Å²) in [4.78, 5) is 5.04. The Hall–Kier alpha value is -0.120. The van der Waals surface area contributed by atoms with Crippen molar-refractivity contribution in [3.8, 4) is 0 Å². The van der Waals surface area contributed by atoms with Crippen molar-refractivity contribution in [3.63, 3.8) is 0 Å². The molecule has 2 fully saturated rings. The summed E-state index contributed by atoms with van der Waals surface area (Å²) in [5.74, 6) is 0. The maximum absolute atomic E-state index is 3.36. The van der Waals surface area contributed by atoms with Gasteiger partial charge in [0.25, 0.3) is 0 Å². The lowest BCUT2D eigenvalue weighted by atomic mass is 10.3. The van der Waals surface area contributed by atoms with E-state index in [0.29, 0.717) is 0 Å². The standard InChI is InChI=1S/C8H17N3/c1-3-10(4-2-9-1)5-6-11-7-8-11/h9H,1-8H2. The van der Waals surface area contributed by atoms with Gasteiger partial charge in [0.2, 0.25) is 0 Å². The topological polar surface area (TPSA) is 18.3 Å². The van der Waals surface area contributed by atoms with E-state index in [1.807, 2.05) is 0 Å². The van der Waals surface area contributed by atoms with Crippen molar-refractivity contribution in [2.45, 2.75) is 0 Å². The van der Waals surface area contributed by atoms with Gasteiger partial charge in [-0.3, -0.25) is 9.80 Å². The highest BCUT2D eigenvalue weighted by molar-refractivity contribution is 4.75. The van der Waals surface area contributed by atoms with Gasteiger partial charge in [0.05, 0.1) is 0 Å². The van der Waals surface area contributed by atoms with Crippen LogP contribution < -0.4 is 5.32 Å². The minimum atomic E-state index is 1.18. The van der Waals surface area contributed by atoms with Gasteiger partial charge in [-0.25, -0.2) is 0 Å². The molecule has 1 N–H and O–H groups in total. The van der Waals surface area contributed by atoms with Crippen LogP contribution in [0.5, 0.6) is 0 Å². The summed E-state index contributed by atoms with van der Waals surface area (Å²) in [5.41, 5.74) is 0. The summed E-state index contributed by atoms with van der Waals surface area (Å²) in [6.07, 6.45) is 0. The molecule has 2 heterocycles. The largest absolute Gasteiger partial charge is 0.314 e. The van der Waals surface area contributed by atoms with E-state index >= 15 is 0 Å². The molecule has 64 valence electrons. The zero-order chi connectivity index (χ0) is 7.52. The third kappa shape index (κ3) is 2.43. The fourth-order valence-corrected chi connectivity index (χ4v) is 1.51. The van der Waals surface area contributed by atoms with Crippen LogP contribution in [0.25, 0.3) is 0 Å². The van der Waals surface area contributed by atoms with Crippen LogP contribution in [0.4, 0.5) is 0 Å². The summed E-state index contributed by atoms with van der Waals surface area (Å²) >= 11 is 0. The normalized spacial score (nSPS) is 27.3. The van der Waals surface area contributed by atoms with E-state index < -0.39 is 0 Å². The molecule has 0 atom stereocenters. The van der Waals surface area contributed by atoms with Crippen LogP contribution in [0.2, 0.25) is 0 Å². The van der Waals surface area contributed by atoms with E-state index in [1.165, 1.54) is 52.4 Å². The van der Waals surface area contributed by atoms with Crippen LogP contribution >= 0.6 is 0 Å². The number of rotatable bonds is 3. The molecule has 2 aliphatic heterocycles. The maximum Gasteiger partial charge on any atom is 0.0110 e. The Morgan fingerprint density at radius 3 is 1.91 bits per heavy atom. The highest BCUT2D eigenvalue weighted by Gasteiger charge is 2.18.